The van der Waals surface area contributed by atoms with Crippen LogP contribution in [-0.4, -0.2) is 27.4 Å². The van der Waals surface area contributed by atoms with E-state index in [-0.39, 0.29) is 6.54 Å². The van der Waals surface area contributed by atoms with Crippen LogP contribution in [-0.2, 0) is 12.0 Å². The van der Waals surface area contributed by atoms with Gasteiger partial charge in [-0.15, -0.1) is 0 Å². The third-order valence-corrected chi connectivity index (χ3v) is 6.29. The van der Waals surface area contributed by atoms with E-state index < -0.39 is 29.5 Å². The fourth-order valence-corrected chi connectivity index (χ4v) is 4.71. The molecule has 0 spiro atoms. The Morgan fingerprint density at radius 3 is 2.24 bits per heavy atom. The maximum absolute atomic E-state index is 15.0. The fraction of sp³-hybridized carbons (Fsp3) is 0.192. The van der Waals surface area contributed by atoms with E-state index in [1.807, 2.05) is 0 Å². The Labute approximate surface area is 193 Å². The molecule has 1 N–H and O–H groups in total. The topological polar surface area (TPSA) is 41.3 Å². The molecule has 0 saturated heterocycles. The first kappa shape index (κ1) is 22.2. The van der Waals surface area contributed by atoms with Crippen LogP contribution in [0.3, 0.4) is 0 Å². The second-order valence-electron chi connectivity index (χ2n) is 8.24. The van der Waals surface area contributed by atoms with Gasteiger partial charge < -0.3 is 14.6 Å². The number of fused-ring (bicyclic) bond motifs is 1. The molecule has 3 aromatic carbocycles. The summed E-state index contributed by atoms with van der Waals surface area (Å²) in [5.74, 6) is -1.04. The lowest BCUT2D eigenvalue weighted by Gasteiger charge is -2.47. The predicted octanol–water partition coefficient (Wildman–Crippen LogP) is 5.57. The second-order valence-corrected chi connectivity index (χ2v) is 8.24. The highest BCUT2D eigenvalue weighted by molar-refractivity contribution is 5.54. The van der Waals surface area contributed by atoms with Gasteiger partial charge in [-0.3, -0.25) is 0 Å². The van der Waals surface area contributed by atoms with Crippen LogP contribution >= 0.6 is 0 Å². The number of aromatic nitrogens is 2. The molecule has 0 fully saturated rings. The van der Waals surface area contributed by atoms with Gasteiger partial charge in [0.25, 0.3) is 0 Å². The first-order valence-electron chi connectivity index (χ1n) is 10.8. The highest BCUT2D eigenvalue weighted by atomic mass is 19.4. The van der Waals surface area contributed by atoms with Gasteiger partial charge >= 0.3 is 6.18 Å². The van der Waals surface area contributed by atoms with E-state index in [1.54, 1.807) is 54.6 Å². The van der Waals surface area contributed by atoms with Crippen LogP contribution in [0.15, 0.2) is 91.3 Å². The Hall–Kier alpha value is -3.65. The number of alkyl halides is 3. The third kappa shape index (κ3) is 3.54. The van der Waals surface area contributed by atoms with Gasteiger partial charge in [-0.25, -0.2) is 9.37 Å². The smallest absolute Gasteiger partial charge is 0.372 e. The Balaban J connectivity index is 1.76. The predicted molar refractivity (Wildman–Crippen MR) is 120 cm³/mol. The zero-order valence-electron chi connectivity index (χ0n) is 18.0. The van der Waals surface area contributed by atoms with Gasteiger partial charge in [-0.05, 0) is 53.9 Å². The Morgan fingerprint density at radius 2 is 1.53 bits per heavy atom. The summed E-state index contributed by atoms with van der Waals surface area (Å²) in [7, 11) is 0. The molecular weight excluding hydrogens is 446 g/mol. The highest BCUT2D eigenvalue weighted by Crippen LogP contribution is 2.52. The van der Waals surface area contributed by atoms with E-state index in [2.05, 4.69) is 4.98 Å². The van der Waals surface area contributed by atoms with Gasteiger partial charge in [0.1, 0.15) is 5.82 Å². The number of halogens is 4. The van der Waals surface area contributed by atoms with E-state index >= 15 is 13.2 Å². The molecule has 1 aliphatic heterocycles. The van der Waals surface area contributed by atoms with Crippen LogP contribution < -0.4 is 4.90 Å². The molecule has 4 aromatic rings. The molecule has 174 valence electrons. The van der Waals surface area contributed by atoms with Crippen molar-refractivity contribution in [1.29, 1.82) is 0 Å². The zero-order valence-corrected chi connectivity index (χ0v) is 18.0. The lowest BCUT2D eigenvalue weighted by Crippen LogP contribution is -2.56. The summed E-state index contributed by atoms with van der Waals surface area (Å²) in [4.78, 5) is 5.51. The highest BCUT2D eigenvalue weighted by Gasteiger charge is 2.65. The molecule has 0 unspecified atom stereocenters. The van der Waals surface area contributed by atoms with Crippen molar-refractivity contribution in [1.82, 2.24) is 9.55 Å². The lowest BCUT2D eigenvalue weighted by atomic mass is 9.80. The number of anilines is 1. The van der Waals surface area contributed by atoms with Crippen LogP contribution in [0.5, 0.6) is 0 Å². The van der Waals surface area contributed by atoms with Gasteiger partial charge in [0.2, 0.25) is 5.60 Å². The van der Waals surface area contributed by atoms with Gasteiger partial charge in [0.15, 0.2) is 5.82 Å². The molecule has 2 heterocycles. The van der Waals surface area contributed by atoms with Gasteiger partial charge in [0, 0.05) is 30.3 Å². The molecule has 4 nitrogen and oxygen atoms in total. The summed E-state index contributed by atoms with van der Waals surface area (Å²) in [6.07, 6.45) is -1.96. The molecule has 8 heteroatoms. The van der Waals surface area contributed by atoms with E-state index in [1.165, 1.54) is 46.1 Å². The number of nitrogens with zero attached hydrogens (tertiary/aromatic N) is 3. The Morgan fingerprint density at radius 1 is 0.853 bits per heavy atom. The molecule has 0 amide bonds. The summed E-state index contributed by atoms with van der Waals surface area (Å²) in [5, 5.41) is 11.8. The Bertz CT molecular complexity index is 1290. The third-order valence-electron chi connectivity index (χ3n) is 6.29. The molecule has 0 radical (unpaired) electrons. The summed E-state index contributed by atoms with van der Waals surface area (Å²) in [6.45, 7) is 0.206. The largest absolute Gasteiger partial charge is 0.427 e. The number of aliphatic hydroxyl groups is 1. The van der Waals surface area contributed by atoms with Crippen molar-refractivity contribution in [3.63, 3.8) is 0 Å². The molecular formula is C26H21F4N3O. The standard InChI is InChI=1S/C26H21F4N3O/c27-19-10-12-21(13-11-19)32-16-14-18-6-4-5-9-22(18)23(32)25(34,26(28,29)30)24-31-15-17-33(24)20-7-2-1-3-8-20/h1-13,15,17,23,34H,14,16H2/t23-,25+/m1/s1. The molecule has 2 atom stereocenters. The number of imidazole rings is 1. The van der Waals surface area contributed by atoms with Crippen LogP contribution in [0, 0.1) is 5.82 Å². The van der Waals surface area contributed by atoms with E-state index in [0.717, 1.165) is 0 Å². The second kappa shape index (κ2) is 8.29. The minimum Gasteiger partial charge on any atom is -0.372 e. The summed E-state index contributed by atoms with van der Waals surface area (Å²) < 4.78 is 59.9. The van der Waals surface area contributed by atoms with Crippen LogP contribution in [0.2, 0.25) is 0 Å². The molecule has 1 aromatic heterocycles. The first-order valence-corrected chi connectivity index (χ1v) is 10.8. The molecule has 34 heavy (non-hydrogen) atoms. The molecule has 0 aliphatic carbocycles. The number of rotatable bonds is 4. The van der Waals surface area contributed by atoms with Crippen LogP contribution in [0.1, 0.15) is 23.0 Å². The van der Waals surface area contributed by atoms with Crippen molar-refractivity contribution < 1.29 is 22.7 Å². The van der Waals surface area contributed by atoms with Crippen molar-refractivity contribution in [2.24, 2.45) is 0 Å². The van der Waals surface area contributed by atoms with Crippen LogP contribution in [0.25, 0.3) is 5.69 Å². The molecule has 0 bridgehead atoms. The molecule has 1 aliphatic rings. The zero-order chi connectivity index (χ0) is 23.9. The number of hydrogen-bond donors (Lipinski definition) is 1. The van der Waals surface area contributed by atoms with E-state index in [9.17, 15) is 9.50 Å². The van der Waals surface area contributed by atoms with Crippen molar-refractivity contribution in [3.8, 4) is 5.69 Å². The van der Waals surface area contributed by atoms with Gasteiger partial charge in [0.05, 0.1) is 6.04 Å². The monoisotopic (exact) mass is 467 g/mol. The number of hydrogen-bond acceptors (Lipinski definition) is 3. The molecule has 0 saturated carbocycles. The van der Waals surface area contributed by atoms with Crippen molar-refractivity contribution in [2.75, 3.05) is 11.4 Å². The first-order chi connectivity index (χ1) is 16.3. The summed E-state index contributed by atoms with van der Waals surface area (Å²) >= 11 is 0. The minimum atomic E-state index is -5.09. The quantitative estimate of drug-likeness (QED) is 0.399. The lowest BCUT2D eigenvalue weighted by molar-refractivity contribution is -0.280. The number of para-hydroxylation sites is 1. The van der Waals surface area contributed by atoms with Crippen LogP contribution in [0.4, 0.5) is 23.2 Å². The molecule has 5 rings (SSSR count). The fourth-order valence-electron chi connectivity index (χ4n) is 4.71. The Kier molecular flexibility index (Phi) is 5.40. The average molecular weight is 467 g/mol. The van der Waals surface area contributed by atoms with Gasteiger partial charge in [-0.2, -0.15) is 13.2 Å². The van der Waals surface area contributed by atoms with E-state index in [0.29, 0.717) is 28.9 Å². The SMILES string of the molecule is O[C@](c1nccn1-c1ccccc1)([C@H]1c2ccccc2CCN1c1ccc(F)cc1)C(F)(F)F. The summed E-state index contributed by atoms with van der Waals surface area (Å²) in [5.41, 5.74) is -1.50. The van der Waals surface area contributed by atoms with Gasteiger partial charge in [-0.1, -0.05) is 42.5 Å². The van der Waals surface area contributed by atoms with Crippen molar-refractivity contribution >= 4 is 5.69 Å². The van der Waals surface area contributed by atoms with Crippen molar-refractivity contribution in [2.45, 2.75) is 24.2 Å². The van der Waals surface area contributed by atoms with E-state index in [4.69, 9.17) is 0 Å². The van der Waals surface area contributed by atoms with Crippen molar-refractivity contribution in [3.05, 3.63) is 114 Å². The summed E-state index contributed by atoms with van der Waals surface area (Å²) in [6, 6.07) is 18.9. The minimum absolute atomic E-state index is 0.206. The maximum atomic E-state index is 15.0. The maximum Gasteiger partial charge on any atom is 0.427 e. The average Bonchev–Trinajstić information content (AvgIpc) is 3.34. The number of benzene rings is 3. The normalized spacial score (nSPS) is 17.8.